The summed E-state index contributed by atoms with van der Waals surface area (Å²) in [6.45, 7) is 16.1. The number of Topliss-reactive ketones (excluding diaryl/α,β-unsaturated/α-hetero) is 1. The molecule has 12 heavy (non-hydrogen) atoms. The summed E-state index contributed by atoms with van der Waals surface area (Å²) >= 11 is 0. The standard InChI is InChI=1S/C6H12O.C5H12/c1-5(7)6(2,3)4;1-5(2,3)4/h1-4H3;1-4H3. The predicted octanol–water partition coefficient (Wildman–Crippen LogP) is 3.67. The van der Waals surface area contributed by atoms with Gasteiger partial charge in [0.1, 0.15) is 5.78 Å². The third-order valence-corrected chi connectivity index (χ3v) is 1.06. The molecule has 0 amide bonds. The molecule has 0 aliphatic heterocycles. The van der Waals surface area contributed by atoms with Gasteiger partial charge in [0.25, 0.3) is 0 Å². The van der Waals surface area contributed by atoms with Gasteiger partial charge in [0.05, 0.1) is 0 Å². The summed E-state index contributed by atoms with van der Waals surface area (Å²) in [6, 6.07) is 0. The highest BCUT2D eigenvalue weighted by molar-refractivity contribution is 5.80. The Balaban J connectivity index is 0. The molecule has 0 bridgehead atoms. The van der Waals surface area contributed by atoms with E-state index in [1.54, 1.807) is 6.92 Å². The van der Waals surface area contributed by atoms with Gasteiger partial charge in [-0.25, -0.2) is 0 Å². The Morgan fingerprint density at radius 2 is 0.917 bits per heavy atom. The SMILES string of the molecule is CC(=O)C(C)(C)C.CC(C)(C)C. The van der Waals surface area contributed by atoms with Crippen molar-refractivity contribution in [2.75, 3.05) is 0 Å². The molecule has 0 aliphatic rings. The minimum Gasteiger partial charge on any atom is -0.299 e. The fourth-order valence-electron chi connectivity index (χ4n) is 0. The number of carbonyl (C=O) groups excluding carboxylic acids is 1. The van der Waals surface area contributed by atoms with Crippen LogP contribution in [0, 0.1) is 10.8 Å². The highest BCUT2D eigenvalue weighted by atomic mass is 16.1. The van der Waals surface area contributed by atoms with Crippen LogP contribution in [0.3, 0.4) is 0 Å². The molecule has 0 heterocycles. The van der Waals surface area contributed by atoms with Gasteiger partial charge in [0.2, 0.25) is 0 Å². The van der Waals surface area contributed by atoms with Crippen LogP contribution in [-0.2, 0) is 4.79 Å². The van der Waals surface area contributed by atoms with Crippen LogP contribution in [0.25, 0.3) is 0 Å². The zero-order chi connectivity index (χ0) is 10.6. The van der Waals surface area contributed by atoms with E-state index in [2.05, 4.69) is 27.7 Å². The topological polar surface area (TPSA) is 17.1 Å². The van der Waals surface area contributed by atoms with Crippen molar-refractivity contribution < 1.29 is 4.79 Å². The Morgan fingerprint density at radius 1 is 0.833 bits per heavy atom. The van der Waals surface area contributed by atoms with E-state index in [0.717, 1.165) is 0 Å². The number of hydrogen-bond donors (Lipinski definition) is 0. The average molecular weight is 172 g/mol. The molecule has 0 atom stereocenters. The summed E-state index contributed by atoms with van der Waals surface area (Å²) in [5.41, 5.74) is 0.361. The number of rotatable bonds is 0. The maximum Gasteiger partial charge on any atom is 0.135 e. The van der Waals surface area contributed by atoms with Crippen LogP contribution in [0.5, 0.6) is 0 Å². The van der Waals surface area contributed by atoms with Crippen LogP contribution in [0.2, 0.25) is 0 Å². The minimum absolute atomic E-state index is 0.139. The zero-order valence-corrected chi connectivity index (χ0v) is 9.91. The maximum absolute atomic E-state index is 10.5. The first-order valence-electron chi connectivity index (χ1n) is 4.45. The third-order valence-electron chi connectivity index (χ3n) is 1.06. The number of hydrogen-bond acceptors (Lipinski definition) is 1. The normalized spacial score (nSPS) is 11.7. The summed E-state index contributed by atoms with van der Waals surface area (Å²) in [7, 11) is 0. The summed E-state index contributed by atoms with van der Waals surface area (Å²) < 4.78 is 0. The first kappa shape index (κ1) is 14.2. The molecular formula is C11H24O. The van der Waals surface area contributed by atoms with Crippen LogP contribution in [-0.4, -0.2) is 5.78 Å². The minimum atomic E-state index is -0.139. The second-order valence-corrected chi connectivity index (χ2v) is 5.81. The zero-order valence-electron chi connectivity index (χ0n) is 9.91. The molecular weight excluding hydrogens is 148 g/mol. The van der Waals surface area contributed by atoms with E-state index in [9.17, 15) is 4.79 Å². The molecule has 0 saturated carbocycles. The lowest BCUT2D eigenvalue weighted by molar-refractivity contribution is -0.124. The quantitative estimate of drug-likeness (QED) is 0.545. The van der Waals surface area contributed by atoms with Crippen LogP contribution < -0.4 is 0 Å². The van der Waals surface area contributed by atoms with Crippen LogP contribution in [0.1, 0.15) is 55.4 Å². The van der Waals surface area contributed by atoms with Crippen LogP contribution in [0.15, 0.2) is 0 Å². The largest absolute Gasteiger partial charge is 0.299 e. The van der Waals surface area contributed by atoms with Crippen molar-refractivity contribution in [3.05, 3.63) is 0 Å². The Bertz CT molecular complexity index is 126. The molecule has 0 N–H and O–H groups in total. The lowest BCUT2D eigenvalue weighted by atomic mass is 9.92. The van der Waals surface area contributed by atoms with Crippen molar-refractivity contribution >= 4 is 5.78 Å². The lowest BCUT2D eigenvalue weighted by Gasteiger charge is -2.11. The number of carbonyl (C=O) groups is 1. The average Bonchev–Trinajstić information content (AvgIpc) is 1.55. The molecule has 74 valence electrons. The molecule has 1 heteroatoms. The molecule has 0 spiro atoms. The van der Waals surface area contributed by atoms with Gasteiger partial charge in [-0.2, -0.15) is 0 Å². The monoisotopic (exact) mass is 172 g/mol. The second-order valence-electron chi connectivity index (χ2n) is 5.81. The third kappa shape index (κ3) is 22.6. The van der Waals surface area contributed by atoms with Gasteiger partial charge in [-0.3, -0.25) is 4.79 Å². The van der Waals surface area contributed by atoms with E-state index in [1.165, 1.54) is 0 Å². The number of ketones is 1. The van der Waals surface area contributed by atoms with E-state index < -0.39 is 0 Å². The molecule has 0 radical (unpaired) electrons. The maximum atomic E-state index is 10.5. The molecule has 0 aromatic carbocycles. The van der Waals surface area contributed by atoms with Crippen molar-refractivity contribution in [3.8, 4) is 0 Å². The van der Waals surface area contributed by atoms with Gasteiger partial charge in [-0.15, -0.1) is 0 Å². The fourth-order valence-corrected chi connectivity index (χ4v) is 0. The Hall–Kier alpha value is -0.330. The molecule has 0 rings (SSSR count). The fraction of sp³-hybridized carbons (Fsp3) is 0.909. The second kappa shape index (κ2) is 4.64. The van der Waals surface area contributed by atoms with E-state index in [0.29, 0.717) is 5.41 Å². The highest BCUT2D eigenvalue weighted by Gasteiger charge is 2.14. The van der Waals surface area contributed by atoms with Gasteiger partial charge in [0.15, 0.2) is 0 Å². The van der Waals surface area contributed by atoms with E-state index >= 15 is 0 Å². The van der Waals surface area contributed by atoms with Crippen LogP contribution >= 0.6 is 0 Å². The van der Waals surface area contributed by atoms with Gasteiger partial charge < -0.3 is 0 Å². The van der Waals surface area contributed by atoms with Crippen LogP contribution in [0.4, 0.5) is 0 Å². The van der Waals surface area contributed by atoms with Crippen molar-refractivity contribution in [2.24, 2.45) is 10.8 Å². The Kier molecular flexibility index (Phi) is 5.49. The first-order valence-corrected chi connectivity index (χ1v) is 4.45. The molecule has 0 aliphatic carbocycles. The molecule has 0 unspecified atom stereocenters. The van der Waals surface area contributed by atoms with Gasteiger partial charge in [-0.1, -0.05) is 48.5 Å². The van der Waals surface area contributed by atoms with E-state index in [4.69, 9.17) is 0 Å². The predicted molar refractivity (Wildman–Crippen MR) is 55.3 cm³/mol. The molecule has 0 aromatic heterocycles. The van der Waals surface area contributed by atoms with E-state index in [-0.39, 0.29) is 11.2 Å². The summed E-state index contributed by atoms with van der Waals surface area (Å²) in [6.07, 6.45) is 0. The van der Waals surface area contributed by atoms with E-state index in [1.807, 2.05) is 20.8 Å². The molecule has 0 fully saturated rings. The van der Waals surface area contributed by atoms with Crippen molar-refractivity contribution in [2.45, 2.75) is 55.4 Å². The first-order chi connectivity index (χ1) is 4.94. The Morgan fingerprint density at radius 3 is 0.917 bits per heavy atom. The smallest absolute Gasteiger partial charge is 0.135 e. The van der Waals surface area contributed by atoms with Gasteiger partial charge in [0, 0.05) is 5.41 Å². The summed E-state index contributed by atoms with van der Waals surface area (Å²) in [4.78, 5) is 10.5. The summed E-state index contributed by atoms with van der Waals surface area (Å²) in [5.74, 6) is 0.243. The van der Waals surface area contributed by atoms with Crippen molar-refractivity contribution in [1.29, 1.82) is 0 Å². The molecule has 0 aromatic rings. The lowest BCUT2D eigenvalue weighted by Crippen LogP contribution is -2.15. The highest BCUT2D eigenvalue weighted by Crippen LogP contribution is 2.12. The van der Waals surface area contributed by atoms with Crippen molar-refractivity contribution in [3.63, 3.8) is 0 Å². The molecule has 0 saturated heterocycles. The van der Waals surface area contributed by atoms with Gasteiger partial charge >= 0.3 is 0 Å². The Labute approximate surface area is 77.6 Å². The van der Waals surface area contributed by atoms with Crippen molar-refractivity contribution in [1.82, 2.24) is 0 Å². The molecule has 1 nitrogen and oxygen atoms in total. The van der Waals surface area contributed by atoms with Gasteiger partial charge in [-0.05, 0) is 12.3 Å². The summed E-state index contributed by atoms with van der Waals surface area (Å²) in [5, 5.41) is 0.